The fraction of sp³-hybridized carbons (Fsp3) is 0.172. The topological polar surface area (TPSA) is 52.3 Å². The van der Waals surface area contributed by atoms with Gasteiger partial charge in [-0.2, -0.15) is 5.26 Å². The number of fused-ring (bicyclic) bond motifs is 1. The minimum atomic E-state index is -0.199. The van der Waals surface area contributed by atoms with Crippen LogP contribution in [0.5, 0.6) is 0 Å². The van der Waals surface area contributed by atoms with Crippen molar-refractivity contribution in [3.8, 4) is 6.07 Å². The number of anilines is 1. The molecular formula is C29H26N4O. The van der Waals surface area contributed by atoms with E-state index < -0.39 is 0 Å². The lowest BCUT2D eigenvalue weighted by Gasteiger charge is -2.36. The molecule has 0 radical (unpaired) electrons. The Bertz CT molecular complexity index is 1360. The van der Waals surface area contributed by atoms with Crippen LogP contribution < -0.4 is 4.90 Å². The van der Waals surface area contributed by atoms with Gasteiger partial charge in [0.05, 0.1) is 0 Å². The van der Waals surface area contributed by atoms with Crippen molar-refractivity contribution in [2.24, 2.45) is 0 Å². The van der Waals surface area contributed by atoms with E-state index in [1.807, 2.05) is 60.8 Å². The summed E-state index contributed by atoms with van der Waals surface area (Å²) in [5, 5.41) is 10.9. The minimum absolute atomic E-state index is 0.177. The third kappa shape index (κ3) is 4.44. The number of amides is 1. The van der Waals surface area contributed by atoms with Crippen LogP contribution >= 0.6 is 0 Å². The van der Waals surface area contributed by atoms with Gasteiger partial charge in [0.15, 0.2) is 0 Å². The van der Waals surface area contributed by atoms with E-state index in [2.05, 4.69) is 45.9 Å². The van der Waals surface area contributed by atoms with E-state index >= 15 is 0 Å². The molecule has 0 aliphatic carbocycles. The van der Waals surface area contributed by atoms with Gasteiger partial charge in [0.2, 0.25) is 0 Å². The Labute approximate surface area is 199 Å². The fourth-order valence-electron chi connectivity index (χ4n) is 4.58. The van der Waals surface area contributed by atoms with E-state index in [0.717, 1.165) is 41.8 Å². The third-order valence-electron chi connectivity index (χ3n) is 6.35. The average molecular weight is 447 g/mol. The van der Waals surface area contributed by atoms with Gasteiger partial charge in [0.1, 0.15) is 11.6 Å². The van der Waals surface area contributed by atoms with Crippen molar-refractivity contribution in [1.82, 2.24) is 9.47 Å². The summed E-state index contributed by atoms with van der Waals surface area (Å²) in [7, 11) is 0. The van der Waals surface area contributed by atoms with E-state index in [-0.39, 0.29) is 11.5 Å². The van der Waals surface area contributed by atoms with Crippen LogP contribution in [0, 0.1) is 11.3 Å². The van der Waals surface area contributed by atoms with E-state index in [0.29, 0.717) is 13.1 Å². The smallest absolute Gasteiger partial charge is 0.264 e. The van der Waals surface area contributed by atoms with Crippen molar-refractivity contribution in [3.63, 3.8) is 0 Å². The highest BCUT2D eigenvalue weighted by atomic mass is 16.2. The Morgan fingerprint density at radius 2 is 1.50 bits per heavy atom. The largest absolute Gasteiger partial charge is 0.368 e. The van der Waals surface area contributed by atoms with Crippen LogP contribution in [0.1, 0.15) is 11.1 Å². The van der Waals surface area contributed by atoms with Gasteiger partial charge in [-0.05, 0) is 29.8 Å². The van der Waals surface area contributed by atoms with Crippen LogP contribution in [0.3, 0.4) is 0 Å². The predicted octanol–water partition coefficient (Wildman–Crippen LogP) is 4.95. The van der Waals surface area contributed by atoms with Gasteiger partial charge in [0, 0.05) is 61.1 Å². The minimum Gasteiger partial charge on any atom is -0.368 e. The molecule has 0 spiro atoms. The summed E-state index contributed by atoms with van der Waals surface area (Å²) >= 11 is 0. The first-order chi connectivity index (χ1) is 16.7. The van der Waals surface area contributed by atoms with Gasteiger partial charge >= 0.3 is 0 Å². The molecule has 0 unspecified atom stereocenters. The standard InChI is InChI=1S/C29H26N4O/c30-20-24(29(34)32-17-15-31(16-18-32)26-11-5-2-6-12-26)19-25-22-33(21-23-9-3-1-4-10-23)28-14-8-7-13-27(25)28/h1-14,19,22H,15-18,21H2/b24-19-. The number of hydrogen-bond acceptors (Lipinski definition) is 3. The summed E-state index contributed by atoms with van der Waals surface area (Å²) in [4.78, 5) is 17.3. The number of benzene rings is 3. The number of aromatic nitrogens is 1. The highest BCUT2D eigenvalue weighted by molar-refractivity contribution is 6.04. The van der Waals surface area contributed by atoms with E-state index in [9.17, 15) is 10.1 Å². The van der Waals surface area contributed by atoms with Crippen LogP contribution in [0.25, 0.3) is 17.0 Å². The number of para-hydroxylation sites is 2. The lowest BCUT2D eigenvalue weighted by molar-refractivity contribution is -0.126. The molecule has 4 aromatic rings. The molecule has 2 heterocycles. The fourth-order valence-corrected chi connectivity index (χ4v) is 4.58. The van der Waals surface area contributed by atoms with Crippen molar-refractivity contribution < 1.29 is 4.79 Å². The van der Waals surface area contributed by atoms with Gasteiger partial charge in [-0.15, -0.1) is 0 Å². The number of nitrogens with zero attached hydrogens (tertiary/aromatic N) is 4. The van der Waals surface area contributed by atoms with Gasteiger partial charge in [-0.3, -0.25) is 4.79 Å². The van der Waals surface area contributed by atoms with E-state index in [1.54, 1.807) is 11.0 Å². The Balaban J connectivity index is 1.37. The monoisotopic (exact) mass is 446 g/mol. The maximum atomic E-state index is 13.2. The number of carbonyl (C=O) groups is 1. The first-order valence-corrected chi connectivity index (χ1v) is 11.6. The molecule has 34 heavy (non-hydrogen) atoms. The highest BCUT2D eigenvalue weighted by Crippen LogP contribution is 2.25. The zero-order valence-corrected chi connectivity index (χ0v) is 19.0. The molecule has 1 aromatic heterocycles. The second kappa shape index (κ2) is 9.68. The third-order valence-corrected chi connectivity index (χ3v) is 6.35. The molecule has 0 N–H and O–H groups in total. The molecule has 1 aliphatic rings. The summed E-state index contributed by atoms with van der Waals surface area (Å²) in [5.74, 6) is -0.199. The molecule has 1 aliphatic heterocycles. The summed E-state index contributed by atoms with van der Waals surface area (Å²) in [5.41, 5.74) is 4.51. The molecule has 5 rings (SSSR count). The molecular weight excluding hydrogens is 420 g/mol. The first-order valence-electron chi connectivity index (χ1n) is 11.6. The Kier molecular flexibility index (Phi) is 6.13. The summed E-state index contributed by atoms with van der Waals surface area (Å²) in [6.07, 6.45) is 3.78. The van der Waals surface area contributed by atoms with Gasteiger partial charge in [0.25, 0.3) is 5.91 Å². The van der Waals surface area contributed by atoms with Crippen molar-refractivity contribution in [2.75, 3.05) is 31.1 Å². The average Bonchev–Trinajstić information content (AvgIpc) is 3.25. The number of nitriles is 1. The quantitative estimate of drug-likeness (QED) is 0.322. The van der Waals surface area contributed by atoms with Gasteiger partial charge in [-0.1, -0.05) is 66.7 Å². The zero-order chi connectivity index (χ0) is 23.3. The molecule has 0 saturated carbocycles. The molecule has 0 bridgehead atoms. The Morgan fingerprint density at radius 1 is 0.853 bits per heavy atom. The highest BCUT2D eigenvalue weighted by Gasteiger charge is 2.24. The normalized spacial score (nSPS) is 14.3. The lowest BCUT2D eigenvalue weighted by Crippen LogP contribution is -2.49. The van der Waals surface area contributed by atoms with E-state index in [1.165, 1.54) is 5.56 Å². The molecule has 1 saturated heterocycles. The first kappa shape index (κ1) is 21.5. The molecule has 1 amide bonds. The van der Waals surface area contributed by atoms with Crippen molar-refractivity contribution in [1.29, 1.82) is 5.26 Å². The Morgan fingerprint density at radius 3 is 2.21 bits per heavy atom. The summed E-state index contributed by atoms with van der Waals surface area (Å²) in [6, 6.07) is 30.8. The van der Waals surface area contributed by atoms with Crippen LogP contribution in [0.4, 0.5) is 5.69 Å². The van der Waals surface area contributed by atoms with Gasteiger partial charge < -0.3 is 14.4 Å². The molecule has 5 heteroatoms. The van der Waals surface area contributed by atoms with Crippen molar-refractivity contribution in [3.05, 3.63) is 108 Å². The van der Waals surface area contributed by atoms with Crippen LogP contribution in [-0.2, 0) is 11.3 Å². The second-order valence-corrected chi connectivity index (χ2v) is 8.50. The lowest BCUT2D eigenvalue weighted by atomic mass is 10.1. The number of carbonyl (C=O) groups excluding carboxylic acids is 1. The summed E-state index contributed by atoms with van der Waals surface area (Å²) in [6.45, 7) is 3.44. The van der Waals surface area contributed by atoms with Crippen molar-refractivity contribution in [2.45, 2.75) is 6.54 Å². The molecule has 168 valence electrons. The van der Waals surface area contributed by atoms with E-state index in [4.69, 9.17) is 0 Å². The second-order valence-electron chi connectivity index (χ2n) is 8.50. The summed E-state index contributed by atoms with van der Waals surface area (Å²) < 4.78 is 2.18. The number of hydrogen-bond donors (Lipinski definition) is 0. The Hall–Kier alpha value is -4.30. The number of piperazine rings is 1. The predicted molar refractivity (Wildman–Crippen MR) is 136 cm³/mol. The zero-order valence-electron chi connectivity index (χ0n) is 19.0. The molecule has 0 atom stereocenters. The molecule has 3 aromatic carbocycles. The molecule has 5 nitrogen and oxygen atoms in total. The van der Waals surface area contributed by atoms with Gasteiger partial charge in [-0.25, -0.2) is 0 Å². The van der Waals surface area contributed by atoms with Crippen LogP contribution in [-0.4, -0.2) is 41.6 Å². The maximum absolute atomic E-state index is 13.2. The van der Waals surface area contributed by atoms with Crippen LogP contribution in [0.2, 0.25) is 0 Å². The SMILES string of the molecule is N#C/C(=C/c1cn(Cc2ccccc2)c2ccccc12)C(=O)N1CCN(c2ccccc2)CC1. The van der Waals surface area contributed by atoms with Crippen molar-refractivity contribution >= 4 is 28.6 Å². The number of rotatable bonds is 5. The molecule has 1 fully saturated rings. The van der Waals surface area contributed by atoms with Crippen LogP contribution in [0.15, 0.2) is 96.7 Å². The maximum Gasteiger partial charge on any atom is 0.264 e.